The van der Waals surface area contributed by atoms with Gasteiger partial charge in [0.2, 0.25) is 11.8 Å². The van der Waals surface area contributed by atoms with Gasteiger partial charge >= 0.3 is 0 Å². The highest BCUT2D eigenvalue weighted by atomic mass is 32.1. The Morgan fingerprint density at radius 3 is 2.75 bits per heavy atom. The average molecular weight is 417 g/mol. The van der Waals surface area contributed by atoms with E-state index in [9.17, 15) is 14.4 Å². The van der Waals surface area contributed by atoms with Crippen molar-refractivity contribution < 1.29 is 9.59 Å². The molecule has 0 spiro atoms. The van der Waals surface area contributed by atoms with Crippen molar-refractivity contribution in [3.8, 4) is 10.4 Å². The zero-order valence-electron chi connectivity index (χ0n) is 15.8. The molecule has 0 N–H and O–H groups in total. The van der Waals surface area contributed by atoms with Crippen molar-refractivity contribution in [3.63, 3.8) is 0 Å². The number of aromatic nitrogens is 2. The molecule has 0 radical (unpaired) electrons. The number of carbonyl (C=O) groups excluding carboxylic acids is 2. The summed E-state index contributed by atoms with van der Waals surface area (Å²) in [4.78, 5) is 47.7. The minimum atomic E-state index is -0.935. The number of fused-ring (bicyclic) bond motifs is 1. The monoisotopic (exact) mass is 416 g/mol. The number of hydrogen-bond donors (Lipinski definition) is 0. The second-order valence-corrected chi connectivity index (χ2v) is 9.12. The molecule has 3 aromatic rings. The maximum atomic E-state index is 13.1. The lowest BCUT2D eigenvalue weighted by atomic mass is 9.97. The van der Waals surface area contributed by atoms with Gasteiger partial charge in [-0.15, -0.1) is 22.7 Å². The van der Waals surface area contributed by atoms with Gasteiger partial charge in [0.15, 0.2) is 0 Å². The van der Waals surface area contributed by atoms with Gasteiger partial charge in [-0.1, -0.05) is 6.07 Å². The second-order valence-electron chi connectivity index (χ2n) is 7.32. The van der Waals surface area contributed by atoms with Crippen molar-refractivity contribution in [2.24, 2.45) is 0 Å². The lowest BCUT2D eigenvalue weighted by Crippen LogP contribution is -2.64. The third-order valence-electron chi connectivity index (χ3n) is 5.16. The van der Waals surface area contributed by atoms with Crippen molar-refractivity contribution in [1.29, 1.82) is 0 Å². The third-order valence-corrected chi connectivity index (χ3v) is 6.95. The Hall–Kier alpha value is -2.52. The van der Waals surface area contributed by atoms with Crippen LogP contribution in [0.4, 0.5) is 0 Å². The molecule has 0 bridgehead atoms. The van der Waals surface area contributed by atoms with Crippen LogP contribution in [-0.2, 0) is 16.1 Å². The first-order valence-electron chi connectivity index (χ1n) is 8.87. The first-order valence-corrected chi connectivity index (χ1v) is 10.6. The number of nitrogens with zero attached hydrogens (tertiary/aromatic N) is 4. The lowest BCUT2D eigenvalue weighted by Gasteiger charge is -2.44. The van der Waals surface area contributed by atoms with Crippen molar-refractivity contribution in [2.45, 2.75) is 25.9 Å². The van der Waals surface area contributed by atoms with Crippen LogP contribution in [0.1, 0.15) is 13.8 Å². The van der Waals surface area contributed by atoms with Crippen LogP contribution in [0.2, 0.25) is 0 Å². The first-order chi connectivity index (χ1) is 13.3. The number of rotatable bonds is 3. The molecule has 1 fully saturated rings. The minimum Gasteiger partial charge on any atom is -0.342 e. The predicted molar refractivity (Wildman–Crippen MR) is 111 cm³/mol. The van der Waals surface area contributed by atoms with Crippen LogP contribution in [-0.4, -0.2) is 56.8 Å². The highest BCUT2D eigenvalue weighted by molar-refractivity contribution is 7.18. The quantitative estimate of drug-likeness (QED) is 0.656. The molecule has 4 rings (SSSR count). The highest BCUT2D eigenvalue weighted by Crippen LogP contribution is 2.33. The van der Waals surface area contributed by atoms with Crippen LogP contribution in [0.25, 0.3) is 20.7 Å². The Morgan fingerprint density at radius 1 is 1.25 bits per heavy atom. The van der Waals surface area contributed by atoms with E-state index in [-0.39, 0.29) is 23.9 Å². The van der Waals surface area contributed by atoms with E-state index in [0.717, 1.165) is 10.4 Å². The number of thiophene rings is 2. The molecule has 7 nitrogen and oxygen atoms in total. The molecule has 146 valence electrons. The zero-order chi connectivity index (χ0) is 20.1. The molecule has 0 atom stereocenters. The van der Waals surface area contributed by atoms with Crippen molar-refractivity contribution in [1.82, 2.24) is 19.4 Å². The van der Waals surface area contributed by atoms with E-state index in [0.29, 0.717) is 23.3 Å². The summed E-state index contributed by atoms with van der Waals surface area (Å²) in [7, 11) is 1.73. The Labute approximate surface area is 169 Å². The summed E-state index contributed by atoms with van der Waals surface area (Å²) in [6, 6.07) is 3.90. The molecule has 0 aliphatic carbocycles. The fourth-order valence-electron chi connectivity index (χ4n) is 3.57. The van der Waals surface area contributed by atoms with E-state index in [1.165, 1.54) is 22.2 Å². The van der Waals surface area contributed by atoms with E-state index >= 15 is 0 Å². The lowest BCUT2D eigenvalue weighted by molar-refractivity contribution is -0.157. The predicted octanol–water partition coefficient (Wildman–Crippen LogP) is 2.27. The SMILES string of the molecule is CN1CCN(C(=O)Cn2cnc3scc(-c4cccs4)c3c2=O)C(C)(C)C1=O. The molecule has 2 amide bonds. The Balaban J connectivity index is 1.68. The molecule has 1 saturated heterocycles. The molecule has 1 aliphatic heterocycles. The summed E-state index contributed by atoms with van der Waals surface area (Å²) in [5.41, 5.74) is -0.318. The van der Waals surface area contributed by atoms with Gasteiger partial charge in [0, 0.05) is 36.0 Å². The smallest absolute Gasteiger partial charge is 0.263 e. The maximum absolute atomic E-state index is 13.1. The molecule has 28 heavy (non-hydrogen) atoms. The van der Waals surface area contributed by atoms with Crippen LogP contribution in [0.15, 0.2) is 34.0 Å². The van der Waals surface area contributed by atoms with Crippen LogP contribution in [0.5, 0.6) is 0 Å². The van der Waals surface area contributed by atoms with E-state index in [1.807, 2.05) is 22.9 Å². The summed E-state index contributed by atoms with van der Waals surface area (Å²) in [5, 5.41) is 4.43. The molecule has 0 saturated carbocycles. The number of hydrogen-bond acceptors (Lipinski definition) is 6. The van der Waals surface area contributed by atoms with Crippen LogP contribution in [0.3, 0.4) is 0 Å². The number of carbonyl (C=O) groups is 2. The summed E-state index contributed by atoms with van der Waals surface area (Å²) in [6.07, 6.45) is 1.42. The van der Waals surface area contributed by atoms with E-state index in [2.05, 4.69) is 4.98 Å². The minimum absolute atomic E-state index is 0.106. The van der Waals surface area contributed by atoms with Gasteiger partial charge in [0.05, 0.1) is 11.7 Å². The number of amides is 2. The molecule has 3 aromatic heterocycles. The standard InChI is InChI=1S/C19H20N4O3S2/c1-19(2)18(26)21(3)6-7-23(19)14(24)9-22-11-20-16-15(17(22)25)12(10-28-16)13-5-4-8-27-13/h4-5,8,10-11H,6-7,9H2,1-3H3. The molecular weight excluding hydrogens is 396 g/mol. The summed E-state index contributed by atoms with van der Waals surface area (Å²) in [6.45, 7) is 4.26. The van der Waals surface area contributed by atoms with E-state index in [1.54, 1.807) is 42.0 Å². The van der Waals surface area contributed by atoms with Crippen LogP contribution < -0.4 is 5.56 Å². The normalized spacial score (nSPS) is 16.8. The molecule has 1 aliphatic rings. The maximum Gasteiger partial charge on any atom is 0.263 e. The topological polar surface area (TPSA) is 75.5 Å². The molecule has 9 heteroatoms. The van der Waals surface area contributed by atoms with Gasteiger partial charge in [0.1, 0.15) is 16.9 Å². The highest BCUT2D eigenvalue weighted by Gasteiger charge is 2.42. The zero-order valence-corrected chi connectivity index (χ0v) is 17.5. The van der Waals surface area contributed by atoms with Crippen molar-refractivity contribution >= 4 is 44.7 Å². The fraction of sp³-hybridized carbons (Fsp3) is 0.368. The molecular formula is C19H20N4O3S2. The van der Waals surface area contributed by atoms with E-state index < -0.39 is 5.54 Å². The number of likely N-dealkylation sites (N-methyl/N-ethyl adjacent to an activating group) is 1. The Bertz CT molecular complexity index is 1110. The second kappa shape index (κ2) is 6.82. The van der Waals surface area contributed by atoms with Crippen LogP contribution in [0, 0.1) is 0 Å². The van der Waals surface area contributed by atoms with Crippen molar-refractivity contribution in [3.05, 3.63) is 39.6 Å². The largest absolute Gasteiger partial charge is 0.342 e. The first kappa shape index (κ1) is 18.8. The third kappa shape index (κ3) is 2.94. The van der Waals surface area contributed by atoms with Gasteiger partial charge < -0.3 is 9.80 Å². The number of piperazine rings is 1. The average Bonchev–Trinajstić information content (AvgIpc) is 3.31. The summed E-state index contributed by atoms with van der Waals surface area (Å²) in [5.74, 6) is -0.367. The van der Waals surface area contributed by atoms with Gasteiger partial charge in [-0.3, -0.25) is 19.0 Å². The van der Waals surface area contributed by atoms with Crippen LogP contribution >= 0.6 is 22.7 Å². The Kier molecular flexibility index (Phi) is 4.59. The van der Waals surface area contributed by atoms with Gasteiger partial charge in [-0.25, -0.2) is 4.98 Å². The van der Waals surface area contributed by atoms with Crippen molar-refractivity contribution in [2.75, 3.05) is 20.1 Å². The van der Waals surface area contributed by atoms with Gasteiger partial charge in [-0.05, 0) is 25.3 Å². The summed E-state index contributed by atoms with van der Waals surface area (Å²) >= 11 is 2.98. The molecule has 0 unspecified atom stereocenters. The molecule has 0 aromatic carbocycles. The van der Waals surface area contributed by atoms with Gasteiger partial charge in [-0.2, -0.15) is 0 Å². The van der Waals surface area contributed by atoms with E-state index in [4.69, 9.17) is 0 Å². The molecule has 4 heterocycles. The van der Waals surface area contributed by atoms with Gasteiger partial charge in [0.25, 0.3) is 5.56 Å². The fourth-order valence-corrected chi connectivity index (χ4v) is 5.30. The Morgan fingerprint density at radius 2 is 2.04 bits per heavy atom. The summed E-state index contributed by atoms with van der Waals surface area (Å²) < 4.78 is 1.34.